The highest BCUT2D eigenvalue weighted by Crippen LogP contribution is 2.37. The second kappa shape index (κ2) is 10.8. The molecule has 2 aromatic heterocycles. The van der Waals surface area contributed by atoms with Gasteiger partial charge in [0, 0.05) is 33.2 Å². The van der Waals surface area contributed by atoms with Crippen LogP contribution in [0.4, 0.5) is 0 Å². The van der Waals surface area contributed by atoms with Gasteiger partial charge in [0.05, 0.1) is 33.6 Å². The molecule has 1 aliphatic heterocycles. The molecule has 1 fully saturated rings. The van der Waals surface area contributed by atoms with Crippen LogP contribution in [-0.4, -0.2) is 32.9 Å². The lowest BCUT2D eigenvalue weighted by Gasteiger charge is -2.32. The minimum Gasteiger partial charge on any atom is -0.399 e. The molecule has 0 saturated carbocycles. The molecule has 0 spiro atoms. The number of hydrogen-bond acceptors (Lipinski definition) is 4. The fourth-order valence-electron chi connectivity index (χ4n) is 6.25. The van der Waals surface area contributed by atoms with E-state index in [-0.39, 0.29) is 0 Å². The molecule has 6 heteroatoms. The first-order valence-corrected chi connectivity index (χ1v) is 15.8. The highest BCUT2D eigenvalue weighted by Gasteiger charge is 2.51. The Labute approximate surface area is 269 Å². The van der Waals surface area contributed by atoms with E-state index in [1.165, 1.54) is 21.8 Å². The topological polar surface area (TPSA) is 49.2 Å². The molecule has 0 aliphatic carbocycles. The molecule has 5 aromatic carbocycles. The minimum atomic E-state index is -0.413. The molecule has 3 heterocycles. The summed E-state index contributed by atoms with van der Waals surface area (Å²) < 4.78 is 14.9. The van der Waals surface area contributed by atoms with E-state index in [4.69, 9.17) is 19.3 Å². The third-order valence-electron chi connectivity index (χ3n) is 9.47. The predicted octanol–water partition coefficient (Wildman–Crippen LogP) is 8.87. The Morgan fingerprint density at radius 1 is 0.522 bits per heavy atom. The molecule has 0 unspecified atom stereocenters. The van der Waals surface area contributed by atoms with Crippen molar-refractivity contribution in [2.45, 2.75) is 38.9 Å². The Kier molecular flexibility index (Phi) is 6.68. The van der Waals surface area contributed by atoms with Gasteiger partial charge in [0.25, 0.3) is 0 Å². The molecule has 5 nitrogen and oxygen atoms in total. The summed E-state index contributed by atoms with van der Waals surface area (Å²) >= 11 is 0. The lowest BCUT2D eigenvalue weighted by Crippen LogP contribution is -2.41. The van der Waals surface area contributed by atoms with Gasteiger partial charge in [0.1, 0.15) is 0 Å². The van der Waals surface area contributed by atoms with Crippen molar-refractivity contribution in [3.05, 3.63) is 133 Å². The van der Waals surface area contributed by atoms with Crippen molar-refractivity contribution >= 4 is 34.4 Å². The van der Waals surface area contributed by atoms with E-state index in [9.17, 15) is 0 Å². The van der Waals surface area contributed by atoms with Crippen molar-refractivity contribution in [1.29, 1.82) is 0 Å². The van der Waals surface area contributed by atoms with Crippen LogP contribution < -0.4 is 5.46 Å². The highest BCUT2D eigenvalue weighted by atomic mass is 16.7. The Bertz CT molecular complexity index is 2150. The number of rotatable bonds is 5. The summed E-state index contributed by atoms with van der Waals surface area (Å²) in [6, 6.07) is 46.4. The Hall–Kier alpha value is -5.04. The SMILES string of the molecule is CC1(C)OB(c2ccc(-c3cc(-c4cccc(-n5c6ccccc6c6ccccc65)c4)nc(-c4ccccc4)n3)cc2)OC1(C)C. The second-order valence-electron chi connectivity index (χ2n) is 13.0. The molecule has 0 radical (unpaired) electrons. The van der Waals surface area contributed by atoms with Gasteiger partial charge in [0.2, 0.25) is 0 Å². The summed E-state index contributed by atoms with van der Waals surface area (Å²) in [5.74, 6) is 0.686. The fourth-order valence-corrected chi connectivity index (χ4v) is 6.25. The number of benzene rings is 5. The smallest absolute Gasteiger partial charge is 0.399 e. The van der Waals surface area contributed by atoms with E-state index in [2.05, 4.69) is 148 Å². The summed E-state index contributed by atoms with van der Waals surface area (Å²) in [6.45, 7) is 8.30. The predicted molar refractivity (Wildman–Crippen MR) is 188 cm³/mol. The first-order chi connectivity index (χ1) is 22.3. The van der Waals surface area contributed by atoms with Gasteiger partial charge in [-0.15, -0.1) is 0 Å². The van der Waals surface area contributed by atoms with Crippen LogP contribution in [0, 0.1) is 0 Å². The van der Waals surface area contributed by atoms with E-state index in [1.54, 1.807) is 0 Å². The van der Waals surface area contributed by atoms with Crippen LogP contribution in [-0.2, 0) is 9.31 Å². The van der Waals surface area contributed by atoms with E-state index >= 15 is 0 Å². The summed E-state index contributed by atoms with van der Waals surface area (Å²) in [4.78, 5) is 10.1. The molecule has 1 aliphatic rings. The molecule has 224 valence electrons. The first-order valence-electron chi connectivity index (χ1n) is 15.8. The normalized spacial score (nSPS) is 15.5. The van der Waals surface area contributed by atoms with Crippen molar-refractivity contribution in [1.82, 2.24) is 14.5 Å². The van der Waals surface area contributed by atoms with E-state index in [0.717, 1.165) is 39.2 Å². The fraction of sp³-hybridized carbons (Fsp3) is 0.150. The molecule has 0 N–H and O–H groups in total. The number of para-hydroxylation sites is 2. The molecule has 0 bridgehead atoms. The van der Waals surface area contributed by atoms with Gasteiger partial charge in [-0.3, -0.25) is 0 Å². The lowest BCUT2D eigenvalue weighted by molar-refractivity contribution is 0.00578. The lowest BCUT2D eigenvalue weighted by atomic mass is 9.79. The number of nitrogens with zero attached hydrogens (tertiary/aromatic N) is 3. The molecule has 0 atom stereocenters. The van der Waals surface area contributed by atoms with Crippen LogP contribution in [0.2, 0.25) is 0 Å². The average molecular weight is 600 g/mol. The van der Waals surface area contributed by atoms with Crippen LogP contribution in [0.3, 0.4) is 0 Å². The zero-order chi connectivity index (χ0) is 31.5. The highest BCUT2D eigenvalue weighted by molar-refractivity contribution is 6.62. The maximum atomic E-state index is 6.30. The minimum absolute atomic E-state index is 0.393. The van der Waals surface area contributed by atoms with Crippen molar-refractivity contribution in [2.75, 3.05) is 0 Å². The van der Waals surface area contributed by atoms with Gasteiger partial charge in [0.15, 0.2) is 5.82 Å². The zero-order valence-corrected chi connectivity index (χ0v) is 26.4. The van der Waals surface area contributed by atoms with Crippen LogP contribution in [0.1, 0.15) is 27.7 Å². The molecule has 7 aromatic rings. The third-order valence-corrected chi connectivity index (χ3v) is 9.47. The first kappa shape index (κ1) is 28.4. The maximum Gasteiger partial charge on any atom is 0.494 e. The van der Waals surface area contributed by atoms with Gasteiger partial charge >= 0.3 is 7.12 Å². The summed E-state index contributed by atoms with van der Waals surface area (Å²) in [7, 11) is -0.413. The molecule has 0 amide bonds. The standard InChI is InChI=1S/C40H34BN3O2/c1-39(2)40(3,4)46-41(45-39)30-23-21-27(22-24-30)34-26-35(43-38(42-34)28-13-6-5-7-14-28)29-15-12-16-31(25-29)44-36-19-10-8-17-32(36)33-18-9-11-20-37(33)44/h5-26H,1-4H3. The van der Waals surface area contributed by atoms with E-state index in [0.29, 0.717) is 5.82 Å². The molecule has 8 rings (SSSR count). The monoisotopic (exact) mass is 599 g/mol. The van der Waals surface area contributed by atoms with Gasteiger partial charge in [-0.25, -0.2) is 9.97 Å². The number of fused-ring (bicyclic) bond motifs is 3. The second-order valence-corrected chi connectivity index (χ2v) is 13.0. The van der Waals surface area contributed by atoms with Crippen molar-refractivity contribution < 1.29 is 9.31 Å². The van der Waals surface area contributed by atoms with Gasteiger partial charge in [-0.1, -0.05) is 103 Å². The van der Waals surface area contributed by atoms with Crippen molar-refractivity contribution in [3.8, 4) is 39.6 Å². The van der Waals surface area contributed by atoms with Gasteiger partial charge in [-0.2, -0.15) is 0 Å². The van der Waals surface area contributed by atoms with Crippen LogP contribution in [0.15, 0.2) is 133 Å². The van der Waals surface area contributed by atoms with Gasteiger partial charge < -0.3 is 13.9 Å². The Morgan fingerprint density at radius 2 is 1.07 bits per heavy atom. The van der Waals surface area contributed by atoms with Crippen LogP contribution >= 0.6 is 0 Å². The maximum absolute atomic E-state index is 6.30. The quantitative estimate of drug-likeness (QED) is 0.186. The molecule has 46 heavy (non-hydrogen) atoms. The summed E-state index contributed by atoms with van der Waals surface area (Å²) in [6.07, 6.45) is 0. The molecular formula is C40H34BN3O2. The molecule has 1 saturated heterocycles. The Balaban J connectivity index is 1.23. The van der Waals surface area contributed by atoms with Gasteiger partial charge in [-0.05, 0) is 63.5 Å². The third kappa shape index (κ3) is 4.82. The zero-order valence-electron chi connectivity index (χ0n) is 26.4. The Morgan fingerprint density at radius 3 is 1.70 bits per heavy atom. The number of hydrogen-bond donors (Lipinski definition) is 0. The largest absolute Gasteiger partial charge is 0.494 e. The molecular weight excluding hydrogens is 565 g/mol. The summed E-state index contributed by atoms with van der Waals surface area (Å²) in [5.41, 5.74) is 8.35. The van der Waals surface area contributed by atoms with Crippen molar-refractivity contribution in [2.24, 2.45) is 0 Å². The summed E-state index contributed by atoms with van der Waals surface area (Å²) in [5, 5.41) is 2.48. The van der Waals surface area contributed by atoms with E-state index < -0.39 is 18.3 Å². The van der Waals surface area contributed by atoms with Crippen molar-refractivity contribution in [3.63, 3.8) is 0 Å². The van der Waals surface area contributed by atoms with Crippen LogP contribution in [0.25, 0.3) is 61.4 Å². The number of aromatic nitrogens is 3. The van der Waals surface area contributed by atoms with Crippen LogP contribution in [0.5, 0.6) is 0 Å². The van der Waals surface area contributed by atoms with E-state index in [1.807, 2.05) is 18.2 Å². The average Bonchev–Trinajstić information content (AvgIpc) is 3.54.